The summed E-state index contributed by atoms with van der Waals surface area (Å²) >= 11 is 3.45. The van der Waals surface area contributed by atoms with Crippen molar-refractivity contribution >= 4 is 15.9 Å². The van der Waals surface area contributed by atoms with Crippen LogP contribution in [0.15, 0.2) is 33.2 Å². The average molecular weight is 352 g/mol. The minimum Gasteiger partial charge on any atom is -0.485 e. The van der Waals surface area contributed by atoms with Gasteiger partial charge in [-0.2, -0.15) is 0 Å². The second kappa shape index (κ2) is 7.14. The molecule has 2 rings (SSSR count). The largest absolute Gasteiger partial charge is 0.485 e. The van der Waals surface area contributed by atoms with Crippen molar-refractivity contribution in [3.63, 3.8) is 0 Å². The Balaban J connectivity index is 1.98. The monoisotopic (exact) mass is 351 g/mol. The second-order valence-corrected chi connectivity index (χ2v) is 6.44. The van der Waals surface area contributed by atoms with E-state index in [9.17, 15) is 0 Å². The van der Waals surface area contributed by atoms with Gasteiger partial charge in [0.2, 0.25) is 0 Å². The Labute approximate surface area is 134 Å². The van der Waals surface area contributed by atoms with Crippen LogP contribution in [-0.4, -0.2) is 6.04 Å². The normalized spacial score (nSPS) is 11.1. The van der Waals surface area contributed by atoms with Gasteiger partial charge >= 0.3 is 0 Å². The fraction of sp³-hybridized carbons (Fsp3) is 0.412. The number of aryl methyl sites for hydroxylation is 2. The summed E-state index contributed by atoms with van der Waals surface area (Å²) in [4.78, 5) is 0. The van der Waals surface area contributed by atoms with Crippen LogP contribution in [0.3, 0.4) is 0 Å². The van der Waals surface area contributed by atoms with Crippen LogP contribution < -0.4 is 10.1 Å². The lowest BCUT2D eigenvalue weighted by Crippen LogP contribution is -2.21. The quantitative estimate of drug-likeness (QED) is 0.816. The molecule has 2 aromatic rings. The van der Waals surface area contributed by atoms with E-state index in [1.807, 2.05) is 32.0 Å². The van der Waals surface area contributed by atoms with E-state index >= 15 is 0 Å². The molecule has 0 amide bonds. The smallest absolute Gasteiger partial charge is 0.146 e. The Morgan fingerprint density at radius 2 is 2.00 bits per heavy atom. The molecule has 21 heavy (non-hydrogen) atoms. The zero-order valence-corrected chi connectivity index (χ0v) is 14.6. The van der Waals surface area contributed by atoms with Crippen LogP contribution in [0.4, 0.5) is 0 Å². The molecular weight excluding hydrogens is 330 g/mol. The Morgan fingerprint density at radius 1 is 1.24 bits per heavy atom. The number of furan rings is 1. The predicted octanol–water partition coefficient (Wildman–Crippen LogP) is 4.74. The molecule has 1 N–H and O–H groups in total. The molecule has 0 aliphatic heterocycles. The fourth-order valence-electron chi connectivity index (χ4n) is 2.07. The van der Waals surface area contributed by atoms with E-state index in [4.69, 9.17) is 9.15 Å². The van der Waals surface area contributed by atoms with Crippen molar-refractivity contribution in [1.82, 2.24) is 5.32 Å². The summed E-state index contributed by atoms with van der Waals surface area (Å²) in [5, 5.41) is 3.40. The van der Waals surface area contributed by atoms with Gasteiger partial charge in [-0.3, -0.25) is 0 Å². The molecule has 114 valence electrons. The average Bonchev–Trinajstić information content (AvgIpc) is 2.76. The van der Waals surface area contributed by atoms with Crippen molar-refractivity contribution in [3.05, 3.63) is 51.4 Å². The van der Waals surface area contributed by atoms with Gasteiger partial charge < -0.3 is 14.5 Å². The van der Waals surface area contributed by atoms with Crippen LogP contribution in [0.1, 0.15) is 36.5 Å². The van der Waals surface area contributed by atoms with Crippen molar-refractivity contribution in [2.75, 3.05) is 0 Å². The fourth-order valence-corrected chi connectivity index (χ4v) is 2.55. The molecule has 0 saturated heterocycles. The zero-order valence-electron chi connectivity index (χ0n) is 13.0. The van der Waals surface area contributed by atoms with Crippen molar-refractivity contribution in [1.29, 1.82) is 0 Å². The van der Waals surface area contributed by atoms with E-state index < -0.39 is 0 Å². The molecule has 1 aromatic carbocycles. The molecule has 0 unspecified atom stereocenters. The van der Waals surface area contributed by atoms with Gasteiger partial charge in [0.05, 0.1) is 0 Å². The first-order valence-electron chi connectivity index (χ1n) is 7.16. The van der Waals surface area contributed by atoms with Crippen LogP contribution >= 0.6 is 15.9 Å². The molecule has 0 aliphatic rings. The number of hydrogen-bond acceptors (Lipinski definition) is 3. The molecule has 4 heteroatoms. The van der Waals surface area contributed by atoms with Gasteiger partial charge in [-0.15, -0.1) is 0 Å². The van der Waals surface area contributed by atoms with E-state index in [2.05, 4.69) is 41.2 Å². The van der Waals surface area contributed by atoms with Crippen LogP contribution in [0.5, 0.6) is 5.75 Å². The Morgan fingerprint density at radius 3 is 2.67 bits per heavy atom. The second-order valence-electron chi connectivity index (χ2n) is 5.53. The molecule has 0 aliphatic carbocycles. The highest BCUT2D eigenvalue weighted by molar-refractivity contribution is 9.10. The number of hydrogen-bond donors (Lipinski definition) is 1. The predicted molar refractivity (Wildman–Crippen MR) is 88.6 cm³/mol. The Kier molecular flexibility index (Phi) is 5.48. The van der Waals surface area contributed by atoms with Crippen molar-refractivity contribution in [2.45, 2.75) is 46.9 Å². The molecule has 1 heterocycles. The van der Waals surface area contributed by atoms with E-state index in [0.29, 0.717) is 12.6 Å². The number of benzene rings is 1. The van der Waals surface area contributed by atoms with Crippen LogP contribution in [0, 0.1) is 13.8 Å². The standard InChI is InChI=1S/C17H22BrNO2/c1-11(2)19-9-14-8-16(21-13(14)4)10-20-17-6-5-15(18)7-12(17)3/h5-8,11,19H,9-10H2,1-4H3. The third-order valence-electron chi connectivity index (χ3n) is 3.28. The number of rotatable bonds is 6. The lowest BCUT2D eigenvalue weighted by atomic mass is 10.2. The molecular formula is C17H22BrNO2. The van der Waals surface area contributed by atoms with Gasteiger partial charge in [-0.25, -0.2) is 0 Å². The van der Waals surface area contributed by atoms with Gasteiger partial charge in [-0.1, -0.05) is 29.8 Å². The maximum absolute atomic E-state index is 5.84. The number of ether oxygens (including phenoxy) is 1. The van der Waals surface area contributed by atoms with E-state index in [1.54, 1.807) is 0 Å². The Bertz CT molecular complexity index is 605. The molecule has 0 bridgehead atoms. The van der Waals surface area contributed by atoms with Crippen molar-refractivity contribution in [2.24, 2.45) is 0 Å². The lowest BCUT2D eigenvalue weighted by Gasteiger charge is -2.07. The topological polar surface area (TPSA) is 34.4 Å². The minimum atomic E-state index is 0.449. The first kappa shape index (κ1) is 16.1. The van der Waals surface area contributed by atoms with Gasteiger partial charge in [0.25, 0.3) is 0 Å². The van der Waals surface area contributed by atoms with E-state index in [-0.39, 0.29) is 0 Å². The number of halogens is 1. The molecule has 0 fully saturated rings. The summed E-state index contributed by atoms with van der Waals surface area (Å²) in [5.74, 6) is 2.69. The van der Waals surface area contributed by atoms with Gasteiger partial charge in [0.1, 0.15) is 23.9 Å². The zero-order chi connectivity index (χ0) is 15.4. The highest BCUT2D eigenvalue weighted by Crippen LogP contribution is 2.24. The summed E-state index contributed by atoms with van der Waals surface area (Å²) in [6, 6.07) is 8.52. The maximum Gasteiger partial charge on any atom is 0.146 e. The number of nitrogens with one attached hydrogen (secondary N) is 1. The SMILES string of the molecule is Cc1cc(Br)ccc1OCc1cc(CNC(C)C)c(C)o1. The highest BCUT2D eigenvalue weighted by atomic mass is 79.9. The summed E-state index contributed by atoms with van der Waals surface area (Å²) in [7, 11) is 0. The van der Waals surface area contributed by atoms with Crippen LogP contribution in [0.25, 0.3) is 0 Å². The maximum atomic E-state index is 5.84. The molecule has 0 saturated carbocycles. The molecule has 0 spiro atoms. The first-order chi connectivity index (χ1) is 9.95. The lowest BCUT2D eigenvalue weighted by molar-refractivity contribution is 0.266. The first-order valence-corrected chi connectivity index (χ1v) is 7.95. The summed E-state index contributed by atoms with van der Waals surface area (Å²) < 4.78 is 12.7. The summed E-state index contributed by atoms with van der Waals surface area (Å²) in [5.41, 5.74) is 2.30. The van der Waals surface area contributed by atoms with Crippen LogP contribution in [-0.2, 0) is 13.2 Å². The van der Waals surface area contributed by atoms with Gasteiger partial charge in [-0.05, 0) is 43.7 Å². The molecule has 0 radical (unpaired) electrons. The van der Waals surface area contributed by atoms with Gasteiger partial charge in [0, 0.05) is 22.6 Å². The Hall–Kier alpha value is -1.26. The van der Waals surface area contributed by atoms with E-state index in [1.165, 1.54) is 5.56 Å². The molecule has 0 atom stereocenters. The van der Waals surface area contributed by atoms with Crippen molar-refractivity contribution < 1.29 is 9.15 Å². The minimum absolute atomic E-state index is 0.449. The molecule has 3 nitrogen and oxygen atoms in total. The highest BCUT2D eigenvalue weighted by Gasteiger charge is 2.09. The van der Waals surface area contributed by atoms with E-state index in [0.717, 1.165) is 33.9 Å². The summed E-state index contributed by atoms with van der Waals surface area (Å²) in [6.07, 6.45) is 0. The third kappa shape index (κ3) is 4.61. The molecule has 1 aromatic heterocycles. The van der Waals surface area contributed by atoms with Crippen LogP contribution in [0.2, 0.25) is 0 Å². The van der Waals surface area contributed by atoms with Crippen molar-refractivity contribution in [3.8, 4) is 5.75 Å². The van der Waals surface area contributed by atoms with Gasteiger partial charge in [0.15, 0.2) is 0 Å². The summed E-state index contributed by atoms with van der Waals surface area (Å²) in [6.45, 7) is 9.57. The third-order valence-corrected chi connectivity index (χ3v) is 3.77.